The first-order valence-electron chi connectivity index (χ1n) is 10.7. The number of sulfone groups is 1. The summed E-state index contributed by atoms with van der Waals surface area (Å²) in [5.41, 5.74) is 0.0654. The number of ether oxygens (including phenoxy) is 1. The van der Waals surface area contributed by atoms with Crippen molar-refractivity contribution in [3.63, 3.8) is 0 Å². The monoisotopic (exact) mass is 489 g/mol. The Kier molecular flexibility index (Phi) is 7.68. The van der Waals surface area contributed by atoms with Gasteiger partial charge in [-0.1, -0.05) is 54.1 Å². The van der Waals surface area contributed by atoms with Gasteiger partial charge in [0, 0.05) is 19.1 Å². The first kappa shape index (κ1) is 25.0. The van der Waals surface area contributed by atoms with Crippen molar-refractivity contribution in [1.29, 1.82) is 5.26 Å². The van der Waals surface area contributed by atoms with E-state index in [2.05, 4.69) is 11.4 Å². The molecule has 1 saturated heterocycles. The maximum absolute atomic E-state index is 13.3. The second-order valence-corrected chi connectivity index (χ2v) is 11.6. The zero-order chi connectivity index (χ0) is 24.2. The zero-order valence-corrected chi connectivity index (χ0v) is 20.4. The molecular formula is C24H28ClN3O4S. The number of nitriles is 1. The molecule has 33 heavy (non-hydrogen) atoms. The molecule has 0 spiro atoms. The number of carbonyl (C=O) groups is 1. The average Bonchev–Trinajstić information content (AvgIpc) is 3.19. The number of rotatable bonds is 6. The van der Waals surface area contributed by atoms with Crippen molar-refractivity contribution < 1.29 is 17.9 Å². The molecule has 7 nitrogen and oxygen atoms in total. The largest absolute Gasteiger partial charge is 0.444 e. The Morgan fingerprint density at radius 2 is 1.85 bits per heavy atom. The summed E-state index contributed by atoms with van der Waals surface area (Å²) in [4.78, 5) is 14.4. The molecule has 2 aromatic carbocycles. The average molecular weight is 490 g/mol. The van der Waals surface area contributed by atoms with Crippen LogP contribution in [-0.4, -0.2) is 49.4 Å². The van der Waals surface area contributed by atoms with Crippen molar-refractivity contribution in [3.8, 4) is 6.07 Å². The quantitative estimate of drug-likeness (QED) is 0.647. The van der Waals surface area contributed by atoms with E-state index in [4.69, 9.17) is 16.3 Å². The van der Waals surface area contributed by atoms with Gasteiger partial charge in [-0.15, -0.1) is 0 Å². The molecule has 0 aromatic heterocycles. The maximum Gasteiger partial charge on any atom is 0.410 e. The van der Waals surface area contributed by atoms with E-state index in [-0.39, 0.29) is 29.4 Å². The van der Waals surface area contributed by atoms with Crippen LogP contribution < -0.4 is 5.32 Å². The van der Waals surface area contributed by atoms with Crippen molar-refractivity contribution >= 4 is 27.5 Å². The predicted molar refractivity (Wildman–Crippen MR) is 127 cm³/mol. The van der Waals surface area contributed by atoms with Crippen molar-refractivity contribution in [2.75, 3.05) is 13.1 Å². The first-order chi connectivity index (χ1) is 15.5. The zero-order valence-electron chi connectivity index (χ0n) is 18.9. The second kappa shape index (κ2) is 10.1. The van der Waals surface area contributed by atoms with Crippen LogP contribution in [0.15, 0.2) is 59.5 Å². The summed E-state index contributed by atoms with van der Waals surface area (Å²) in [6.45, 7) is 5.49. The Balaban J connectivity index is 1.84. The summed E-state index contributed by atoms with van der Waals surface area (Å²) >= 11 is 6.17. The Labute approximate surface area is 200 Å². The van der Waals surface area contributed by atoms with E-state index in [9.17, 15) is 18.5 Å². The van der Waals surface area contributed by atoms with E-state index < -0.39 is 38.9 Å². The molecule has 0 aliphatic carbocycles. The highest BCUT2D eigenvalue weighted by Crippen LogP contribution is 2.32. The van der Waals surface area contributed by atoms with Gasteiger partial charge in [-0.3, -0.25) is 5.32 Å². The van der Waals surface area contributed by atoms with Crippen molar-refractivity contribution in [2.45, 2.75) is 55.0 Å². The van der Waals surface area contributed by atoms with Crippen LogP contribution in [0.5, 0.6) is 0 Å². The minimum Gasteiger partial charge on any atom is -0.444 e. The highest BCUT2D eigenvalue weighted by molar-refractivity contribution is 7.92. The number of likely N-dealkylation sites (tertiary alicyclic amines) is 1. The van der Waals surface area contributed by atoms with E-state index in [0.29, 0.717) is 0 Å². The van der Waals surface area contributed by atoms with Gasteiger partial charge in [0.15, 0.2) is 9.84 Å². The normalized spacial score (nSPS) is 19.7. The lowest BCUT2D eigenvalue weighted by Crippen LogP contribution is -2.44. The molecule has 1 amide bonds. The highest BCUT2D eigenvalue weighted by Gasteiger charge is 2.44. The van der Waals surface area contributed by atoms with Gasteiger partial charge in [0.1, 0.15) is 11.6 Å². The second-order valence-electron chi connectivity index (χ2n) is 9.00. The molecule has 1 unspecified atom stereocenters. The smallest absolute Gasteiger partial charge is 0.410 e. The van der Waals surface area contributed by atoms with Crippen LogP contribution in [0.3, 0.4) is 0 Å². The summed E-state index contributed by atoms with van der Waals surface area (Å²) in [6, 6.07) is 16.7. The van der Waals surface area contributed by atoms with Crippen LogP contribution in [0.2, 0.25) is 5.02 Å². The Morgan fingerprint density at radius 1 is 1.21 bits per heavy atom. The Bertz CT molecular complexity index is 1130. The van der Waals surface area contributed by atoms with Gasteiger partial charge in [-0.2, -0.15) is 5.26 Å². The van der Waals surface area contributed by atoms with Gasteiger partial charge >= 0.3 is 6.09 Å². The Hall–Kier alpha value is -2.60. The van der Waals surface area contributed by atoms with Crippen molar-refractivity contribution in [2.24, 2.45) is 0 Å². The molecule has 1 heterocycles. The molecule has 9 heteroatoms. The molecule has 176 valence electrons. The molecule has 2 aromatic rings. The lowest BCUT2D eigenvalue weighted by Gasteiger charge is -2.29. The fourth-order valence-electron chi connectivity index (χ4n) is 3.83. The van der Waals surface area contributed by atoms with Gasteiger partial charge in [0.25, 0.3) is 0 Å². The fraction of sp³-hybridized carbons (Fsp3) is 0.417. The van der Waals surface area contributed by atoms with Crippen LogP contribution >= 0.6 is 11.6 Å². The van der Waals surface area contributed by atoms with Crippen LogP contribution in [-0.2, 0) is 14.6 Å². The first-order valence-corrected chi connectivity index (χ1v) is 12.6. The van der Waals surface area contributed by atoms with Crippen molar-refractivity contribution in [1.82, 2.24) is 10.2 Å². The lowest BCUT2D eigenvalue weighted by molar-refractivity contribution is 0.0226. The lowest BCUT2D eigenvalue weighted by atomic mass is 10.1. The summed E-state index contributed by atoms with van der Waals surface area (Å²) in [6.07, 6.45) is -0.383. The van der Waals surface area contributed by atoms with Gasteiger partial charge in [-0.25, -0.2) is 13.2 Å². The molecule has 3 atom stereocenters. The van der Waals surface area contributed by atoms with Gasteiger partial charge in [0.05, 0.1) is 21.2 Å². The van der Waals surface area contributed by atoms with Crippen LogP contribution in [0.4, 0.5) is 4.79 Å². The van der Waals surface area contributed by atoms with Crippen LogP contribution in [0.1, 0.15) is 38.8 Å². The van der Waals surface area contributed by atoms with Crippen LogP contribution in [0, 0.1) is 11.3 Å². The minimum absolute atomic E-state index is 0.0165. The van der Waals surface area contributed by atoms with E-state index in [1.165, 1.54) is 17.0 Å². The number of amides is 1. The standard InChI is InChI=1S/C24H28ClN3O4S/c1-24(2,3)32-23(29)28-16-19(33(30,31)22-12-8-7-11-20(22)25)13-18(28)15-27-21(14-26)17-9-5-4-6-10-17/h4-12,18-19,21,27H,13,15-16H2,1-3H3/t18-,19+,21?/m0/s1. The van der Waals surface area contributed by atoms with E-state index in [0.717, 1.165) is 5.56 Å². The SMILES string of the molecule is CC(C)(C)OC(=O)N1C[C@H](S(=O)(=O)c2ccccc2Cl)C[C@H]1CNC(C#N)c1ccccc1. The molecule has 1 fully saturated rings. The number of hydrogen-bond donors (Lipinski definition) is 1. The number of carbonyl (C=O) groups excluding carboxylic acids is 1. The molecule has 0 saturated carbocycles. The predicted octanol–water partition coefficient (Wildman–Crippen LogP) is 4.35. The summed E-state index contributed by atoms with van der Waals surface area (Å²) in [7, 11) is -3.78. The maximum atomic E-state index is 13.3. The van der Waals surface area contributed by atoms with Gasteiger partial charge < -0.3 is 9.64 Å². The number of nitrogens with one attached hydrogen (secondary N) is 1. The minimum atomic E-state index is -3.78. The molecule has 0 bridgehead atoms. The summed E-state index contributed by atoms with van der Waals surface area (Å²) in [5, 5.41) is 12.1. The van der Waals surface area contributed by atoms with E-state index >= 15 is 0 Å². The third-order valence-electron chi connectivity index (χ3n) is 5.41. The van der Waals surface area contributed by atoms with Crippen LogP contribution in [0.25, 0.3) is 0 Å². The van der Waals surface area contributed by atoms with Crippen molar-refractivity contribution in [3.05, 3.63) is 65.2 Å². The third kappa shape index (κ3) is 6.05. The number of hydrogen-bond acceptors (Lipinski definition) is 6. The summed E-state index contributed by atoms with van der Waals surface area (Å²) < 4.78 is 32.2. The molecule has 1 N–H and O–H groups in total. The van der Waals surface area contributed by atoms with E-state index in [1.54, 1.807) is 32.9 Å². The highest BCUT2D eigenvalue weighted by atomic mass is 35.5. The summed E-state index contributed by atoms with van der Waals surface area (Å²) in [5.74, 6) is 0. The number of nitrogens with zero attached hydrogens (tertiary/aromatic N) is 2. The van der Waals surface area contributed by atoms with Gasteiger partial charge in [-0.05, 0) is 44.9 Å². The number of halogens is 1. The Morgan fingerprint density at radius 3 is 2.45 bits per heavy atom. The molecule has 1 aliphatic heterocycles. The molecule has 1 aliphatic rings. The topological polar surface area (TPSA) is 99.5 Å². The van der Waals surface area contributed by atoms with E-state index in [1.807, 2.05) is 30.3 Å². The molecular weight excluding hydrogens is 462 g/mol. The van der Waals surface area contributed by atoms with Gasteiger partial charge in [0.2, 0.25) is 0 Å². The number of benzene rings is 2. The molecule has 3 rings (SSSR count). The fourth-order valence-corrected chi connectivity index (χ4v) is 6.09. The third-order valence-corrected chi connectivity index (χ3v) is 8.04. The molecule has 0 radical (unpaired) electrons.